The van der Waals surface area contributed by atoms with E-state index in [9.17, 15) is 14.9 Å². The van der Waals surface area contributed by atoms with E-state index in [-0.39, 0.29) is 21.6 Å². The molecule has 0 heterocycles. The highest BCUT2D eigenvalue weighted by atomic mass is 127. The monoisotopic (exact) mass is 403 g/mol. The zero-order valence-corrected chi connectivity index (χ0v) is 11.7. The summed E-state index contributed by atoms with van der Waals surface area (Å²) in [6, 6.07) is 2.79. The van der Waals surface area contributed by atoms with Gasteiger partial charge in [-0.2, -0.15) is 0 Å². The SMILES string of the molecule is O=C(CBr)c1c([N+](=O)[O-])ccc(I)c1Cl. The molecule has 80 valence electrons. The lowest BCUT2D eigenvalue weighted by molar-refractivity contribution is -0.385. The number of nitrogens with zero attached hydrogens (tertiary/aromatic N) is 1. The van der Waals surface area contributed by atoms with Crippen molar-refractivity contribution in [3.8, 4) is 0 Å². The van der Waals surface area contributed by atoms with E-state index in [0.29, 0.717) is 3.57 Å². The number of nitro groups is 1. The van der Waals surface area contributed by atoms with Crippen LogP contribution in [0.25, 0.3) is 0 Å². The van der Waals surface area contributed by atoms with Gasteiger partial charge >= 0.3 is 0 Å². The van der Waals surface area contributed by atoms with Gasteiger partial charge < -0.3 is 0 Å². The molecule has 0 N–H and O–H groups in total. The van der Waals surface area contributed by atoms with Crippen molar-refractivity contribution in [2.75, 3.05) is 5.33 Å². The van der Waals surface area contributed by atoms with Gasteiger partial charge in [0.2, 0.25) is 0 Å². The fraction of sp³-hybridized carbons (Fsp3) is 0.125. The Hall–Kier alpha value is -0.210. The summed E-state index contributed by atoms with van der Waals surface area (Å²) in [7, 11) is 0. The van der Waals surface area contributed by atoms with Crippen LogP contribution in [0.3, 0.4) is 0 Å². The Labute approximate surface area is 112 Å². The van der Waals surface area contributed by atoms with Crippen LogP contribution in [-0.4, -0.2) is 16.0 Å². The highest BCUT2D eigenvalue weighted by Gasteiger charge is 2.24. The van der Waals surface area contributed by atoms with Crippen molar-refractivity contribution in [3.63, 3.8) is 0 Å². The molecule has 1 aromatic carbocycles. The number of hydrogen-bond acceptors (Lipinski definition) is 3. The van der Waals surface area contributed by atoms with E-state index in [1.165, 1.54) is 12.1 Å². The molecule has 7 heteroatoms. The largest absolute Gasteiger partial charge is 0.293 e. The number of hydrogen-bond donors (Lipinski definition) is 0. The molecule has 4 nitrogen and oxygen atoms in total. The number of alkyl halides is 1. The zero-order valence-electron chi connectivity index (χ0n) is 7.17. The van der Waals surface area contributed by atoms with Gasteiger partial charge in [0.15, 0.2) is 5.78 Å². The van der Waals surface area contributed by atoms with Crippen molar-refractivity contribution in [1.29, 1.82) is 0 Å². The van der Waals surface area contributed by atoms with Crippen molar-refractivity contribution >= 4 is 61.6 Å². The summed E-state index contributed by atoms with van der Waals surface area (Å²) in [5.41, 5.74) is -0.296. The molecule has 0 spiro atoms. The van der Waals surface area contributed by atoms with Crippen molar-refractivity contribution in [2.45, 2.75) is 0 Å². The summed E-state index contributed by atoms with van der Waals surface area (Å²) in [4.78, 5) is 21.5. The van der Waals surface area contributed by atoms with E-state index in [2.05, 4.69) is 15.9 Å². The average molecular weight is 404 g/mol. The number of Topliss-reactive ketones (excluding diaryl/α,β-unsaturated/α-hetero) is 1. The molecule has 0 unspecified atom stereocenters. The molecule has 15 heavy (non-hydrogen) atoms. The Bertz CT molecular complexity index is 438. The van der Waals surface area contributed by atoms with E-state index >= 15 is 0 Å². The molecular formula is C8H4BrClINO3. The highest BCUT2D eigenvalue weighted by molar-refractivity contribution is 14.1. The zero-order chi connectivity index (χ0) is 11.6. The van der Waals surface area contributed by atoms with Crippen LogP contribution in [0.1, 0.15) is 10.4 Å². The Morgan fingerprint density at radius 3 is 2.67 bits per heavy atom. The van der Waals surface area contributed by atoms with Crippen LogP contribution >= 0.6 is 50.1 Å². The molecule has 0 saturated carbocycles. The third-order valence-electron chi connectivity index (χ3n) is 1.67. The van der Waals surface area contributed by atoms with Gasteiger partial charge in [0.25, 0.3) is 5.69 Å². The first-order chi connectivity index (χ1) is 6.99. The Balaban J connectivity index is 3.48. The molecule has 1 aromatic rings. The van der Waals surface area contributed by atoms with E-state index in [1.54, 1.807) is 0 Å². The predicted molar refractivity (Wildman–Crippen MR) is 68.9 cm³/mol. The van der Waals surface area contributed by atoms with E-state index in [0.717, 1.165) is 0 Å². The summed E-state index contributed by atoms with van der Waals surface area (Å²) in [6.45, 7) is 0. The normalized spacial score (nSPS) is 10.1. The number of carbonyl (C=O) groups excluding carboxylic acids is 1. The second-order valence-electron chi connectivity index (χ2n) is 2.57. The first kappa shape index (κ1) is 12.9. The van der Waals surface area contributed by atoms with E-state index in [4.69, 9.17) is 11.6 Å². The van der Waals surface area contributed by atoms with Crippen LogP contribution in [0.15, 0.2) is 12.1 Å². The Morgan fingerprint density at radius 1 is 1.60 bits per heavy atom. The Kier molecular flexibility index (Phi) is 4.47. The van der Waals surface area contributed by atoms with E-state index < -0.39 is 10.7 Å². The van der Waals surface area contributed by atoms with Crippen LogP contribution < -0.4 is 0 Å². The number of carbonyl (C=O) groups is 1. The molecule has 0 aliphatic rings. The Morgan fingerprint density at radius 2 is 2.20 bits per heavy atom. The topological polar surface area (TPSA) is 60.2 Å². The van der Waals surface area contributed by atoms with Gasteiger partial charge in [0, 0.05) is 9.64 Å². The minimum atomic E-state index is -0.613. The highest BCUT2D eigenvalue weighted by Crippen LogP contribution is 2.31. The maximum absolute atomic E-state index is 11.5. The number of halogens is 3. The summed E-state index contributed by atoms with van der Waals surface area (Å²) in [5.74, 6) is -0.398. The first-order valence-electron chi connectivity index (χ1n) is 3.70. The van der Waals surface area contributed by atoms with Crippen LogP contribution in [0.5, 0.6) is 0 Å². The summed E-state index contributed by atoms with van der Waals surface area (Å²) in [6.07, 6.45) is 0. The molecule has 1 rings (SSSR count). The molecule has 0 saturated heterocycles. The third kappa shape index (κ3) is 2.67. The fourth-order valence-corrected chi connectivity index (χ4v) is 2.02. The van der Waals surface area contributed by atoms with Crippen LogP contribution in [0.4, 0.5) is 5.69 Å². The lowest BCUT2D eigenvalue weighted by Crippen LogP contribution is -2.06. The number of rotatable bonds is 3. The maximum Gasteiger partial charge on any atom is 0.281 e. The minimum Gasteiger partial charge on any atom is -0.293 e. The van der Waals surface area contributed by atoms with E-state index in [1.807, 2.05) is 22.6 Å². The average Bonchev–Trinajstić information content (AvgIpc) is 2.20. The summed E-state index contributed by atoms with van der Waals surface area (Å²) >= 11 is 10.7. The lowest BCUT2D eigenvalue weighted by Gasteiger charge is -2.04. The molecule has 0 aromatic heterocycles. The molecule has 0 atom stereocenters. The summed E-state index contributed by atoms with van der Waals surface area (Å²) < 4.78 is 0.615. The van der Waals surface area contributed by atoms with Gasteiger partial charge in [-0.15, -0.1) is 0 Å². The number of benzene rings is 1. The third-order valence-corrected chi connectivity index (χ3v) is 3.79. The standard InChI is InChI=1S/C8H4BrClINO3/c9-3-6(13)7-5(12(14)15)2-1-4(11)8(7)10/h1-2H,3H2. The predicted octanol–water partition coefficient (Wildman–Crippen LogP) is 3.43. The van der Waals surface area contributed by atoms with Gasteiger partial charge in [-0.05, 0) is 28.7 Å². The second kappa shape index (κ2) is 5.22. The molecule has 0 aliphatic carbocycles. The molecule has 0 bridgehead atoms. The molecule has 0 radical (unpaired) electrons. The van der Waals surface area contributed by atoms with Crippen LogP contribution in [0.2, 0.25) is 5.02 Å². The lowest BCUT2D eigenvalue weighted by atomic mass is 10.1. The minimum absolute atomic E-state index is 0.00759. The smallest absolute Gasteiger partial charge is 0.281 e. The first-order valence-corrected chi connectivity index (χ1v) is 6.28. The molecule has 0 aliphatic heterocycles. The number of nitro benzene ring substituents is 1. The quantitative estimate of drug-likeness (QED) is 0.255. The summed E-state index contributed by atoms with van der Waals surface area (Å²) in [5, 5.41) is 10.8. The van der Waals surface area contributed by atoms with Crippen LogP contribution in [0, 0.1) is 13.7 Å². The van der Waals surface area contributed by atoms with Crippen molar-refractivity contribution in [1.82, 2.24) is 0 Å². The fourth-order valence-electron chi connectivity index (χ4n) is 1.02. The van der Waals surface area contributed by atoms with Crippen molar-refractivity contribution in [2.24, 2.45) is 0 Å². The molecule has 0 fully saturated rings. The van der Waals surface area contributed by atoms with Gasteiger partial charge in [0.05, 0.1) is 15.3 Å². The van der Waals surface area contributed by atoms with Gasteiger partial charge in [-0.3, -0.25) is 14.9 Å². The molecular weight excluding hydrogens is 400 g/mol. The van der Waals surface area contributed by atoms with Crippen molar-refractivity contribution < 1.29 is 9.72 Å². The van der Waals surface area contributed by atoms with Crippen molar-refractivity contribution in [3.05, 3.63) is 36.4 Å². The van der Waals surface area contributed by atoms with Gasteiger partial charge in [0.1, 0.15) is 5.56 Å². The number of ketones is 1. The van der Waals surface area contributed by atoms with Gasteiger partial charge in [-0.1, -0.05) is 27.5 Å². The van der Waals surface area contributed by atoms with Gasteiger partial charge in [-0.25, -0.2) is 0 Å². The van der Waals surface area contributed by atoms with Crippen LogP contribution in [-0.2, 0) is 0 Å². The maximum atomic E-state index is 11.5. The second-order valence-corrected chi connectivity index (χ2v) is 4.67. The molecule has 0 amide bonds.